The van der Waals surface area contributed by atoms with Crippen molar-refractivity contribution in [1.29, 1.82) is 0 Å². The molecule has 0 spiro atoms. The van der Waals surface area contributed by atoms with Crippen molar-refractivity contribution in [1.82, 2.24) is 0 Å². The van der Waals surface area contributed by atoms with Crippen LogP contribution in [0.5, 0.6) is 0 Å². The van der Waals surface area contributed by atoms with E-state index in [0.29, 0.717) is 0 Å². The normalized spacial score (nSPS) is 11.2. The molecule has 0 aliphatic heterocycles. The van der Waals surface area contributed by atoms with E-state index in [0.717, 1.165) is 88.4 Å². The third-order valence-electron chi connectivity index (χ3n) is 9.70. The Labute approximate surface area is 318 Å². The van der Waals surface area contributed by atoms with Crippen molar-refractivity contribution in [3.63, 3.8) is 0 Å². The van der Waals surface area contributed by atoms with Gasteiger partial charge in [-0.1, -0.05) is 84.6 Å². The first-order valence-electron chi connectivity index (χ1n) is 17.3. The molecule has 0 unspecified atom stereocenters. The first kappa shape index (κ1) is 32.3. The molecule has 0 radical (unpaired) electrons. The van der Waals surface area contributed by atoms with Crippen LogP contribution >= 0.6 is 0 Å². The van der Waals surface area contributed by atoms with Gasteiger partial charge in [0.2, 0.25) is 0 Å². The number of hydrogen-bond donors (Lipinski definition) is 0. The van der Waals surface area contributed by atoms with Gasteiger partial charge in [0.05, 0.1) is 0 Å². The van der Waals surface area contributed by atoms with Crippen molar-refractivity contribution in [2.75, 3.05) is 0 Å². The van der Waals surface area contributed by atoms with Gasteiger partial charge in [0, 0.05) is 21.5 Å². The highest BCUT2D eigenvalue weighted by Gasteiger charge is 2.41. The molecule has 0 atom stereocenters. The van der Waals surface area contributed by atoms with Crippen LogP contribution in [0.15, 0.2) is 130 Å². The Morgan fingerprint density at radius 3 is 1.22 bits per heavy atom. The molecule has 0 saturated heterocycles. The van der Waals surface area contributed by atoms with Crippen molar-refractivity contribution in [2.45, 2.75) is 5.41 Å². The highest BCUT2D eigenvalue weighted by molar-refractivity contribution is 6.07. The molecular formula is C53H22O2. The van der Waals surface area contributed by atoms with Gasteiger partial charge in [0.15, 0.2) is 0 Å². The fraction of sp³-hybridized carbons (Fsp3) is 0.0189. The molecule has 2 heterocycles. The lowest BCUT2D eigenvalue weighted by molar-refractivity contribution is 0.668. The summed E-state index contributed by atoms with van der Waals surface area (Å²) in [5, 5.41) is 4.26. The van der Waals surface area contributed by atoms with Crippen LogP contribution < -0.4 is 0 Å². The molecule has 55 heavy (non-hydrogen) atoms. The Morgan fingerprint density at radius 2 is 0.745 bits per heavy atom. The van der Waals surface area contributed by atoms with Gasteiger partial charge in [0.25, 0.3) is 0 Å². The molecule has 6 aromatic carbocycles. The molecule has 0 saturated carbocycles. The maximum Gasteiger partial charge on any atom is 0.145 e. The van der Waals surface area contributed by atoms with E-state index < -0.39 is 5.41 Å². The van der Waals surface area contributed by atoms with Crippen LogP contribution in [0.4, 0.5) is 0 Å². The summed E-state index contributed by atoms with van der Waals surface area (Å²) in [5.74, 6) is 38.8. The molecule has 8 aromatic rings. The quantitative estimate of drug-likeness (QED) is 0.169. The number of furan rings is 2. The first-order valence-corrected chi connectivity index (χ1v) is 17.3. The molecule has 0 bridgehead atoms. The van der Waals surface area contributed by atoms with Gasteiger partial charge < -0.3 is 8.83 Å². The largest absolute Gasteiger partial charge is 0.456 e. The van der Waals surface area contributed by atoms with Gasteiger partial charge in [-0.25, -0.2) is 0 Å². The molecule has 1 aliphatic carbocycles. The molecule has 2 aromatic heterocycles. The topological polar surface area (TPSA) is 26.3 Å². The average Bonchev–Trinajstić information content (AvgIpc) is 3.88. The van der Waals surface area contributed by atoms with Crippen molar-refractivity contribution in [3.8, 4) is 129 Å². The van der Waals surface area contributed by atoms with E-state index in [1.807, 2.05) is 48.5 Å². The van der Waals surface area contributed by atoms with E-state index in [1.54, 1.807) is 0 Å². The SMILES string of the molecule is C#CC#CC#CC#CC1(C#CC#CC#CC#C)c2ccc(-c3ccc4oc5ccccc5c4c3)cc2-c2cc(-c3ccc4oc5ccccc5c4c3)ccc21. The van der Waals surface area contributed by atoms with Gasteiger partial charge in [-0.15, -0.1) is 12.8 Å². The number of rotatable bonds is 2. The standard InChI is InChI=1S/C53H22O2/c1-3-5-7-9-11-17-31-53(32-18-12-10-8-6-4-2)47-27-23-37(39-25-29-51-45(35-39)41-19-13-15-21-49(41)54-51)33-43(47)44-34-38(24-28-48(44)53)40-26-30-52-46(36-40)42-20-14-16-22-50(42)55-52/h1-2,13-16,19-30,33-36H. The smallest absolute Gasteiger partial charge is 0.145 e. The van der Waals surface area contributed by atoms with Crippen LogP contribution in [0.25, 0.3) is 77.3 Å². The van der Waals surface area contributed by atoms with E-state index >= 15 is 0 Å². The minimum atomic E-state index is -1.07. The summed E-state index contributed by atoms with van der Waals surface area (Å²) < 4.78 is 12.3. The minimum absolute atomic E-state index is 0.842. The zero-order valence-electron chi connectivity index (χ0n) is 29.0. The summed E-state index contributed by atoms with van der Waals surface area (Å²) in [4.78, 5) is 0. The van der Waals surface area contributed by atoms with Crippen molar-refractivity contribution < 1.29 is 8.83 Å². The van der Waals surface area contributed by atoms with E-state index in [-0.39, 0.29) is 0 Å². The average molecular weight is 691 g/mol. The number of para-hydroxylation sites is 2. The maximum absolute atomic E-state index is 6.13. The number of fused-ring (bicyclic) bond motifs is 9. The number of terminal acetylenes is 2. The molecule has 2 nitrogen and oxygen atoms in total. The van der Waals surface area contributed by atoms with E-state index in [1.165, 1.54) is 0 Å². The molecular weight excluding hydrogens is 669 g/mol. The Kier molecular flexibility index (Phi) is 7.94. The molecule has 0 amide bonds. The van der Waals surface area contributed by atoms with Gasteiger partial charge in [-0.3, -0.25) is 0 Å². The van der Waals surface area contributed by atoms with Crippen LogP contribution in [-0.2, 0) is 5.41 Å². The summed E-state index contributed by atoms with van der Waals surface area (Å²) in [7, 11) is 0. The van der Waals surface area contributed by atoms with Crippen LogP contribution in [0, 0.1) is 95.7 Å². The zero-order chi connectivity index (χ0) is 37.2. The second-order valence-electron chi connectivity index (χ2n) is 12.7. The van der Waals surface area contributed by atoms with E-state index in [2.05, 4.69) is 156 Å². The summed E-state index contributed by atoms with van der Waals surface area (Å²) in [5.41, 5.74) is 10.4. The Hall–Kier alpha value is -8.60. The monoisotopic (exact) mass is 690 g/mol. The third kappa shape index (κ3) is 5.62. The molecule has 0 N–H and O–H groups in total. The Bertz CT molecular complexity index is 3210. The van der Waals surface area contributed by atoms with Gasteiger partial charge >= 0.3 is 0 Å². The molecule has 246 valence electrons. The maximum atomic E-state index is 6.13. The predicted octanol–water partition coefficient (Wildman–Crippen LogP) is 10.4. The molecule has 9 rings (SSSR count). The lowest BCUT2D eigenvalue weighted by atomic mass is 9.78. The molecule has 2 heteroatoms. The van der Waals surface area contributed by atoms with E-state index in [9.17, 15) is 0 Å². The number of hydrogen-bond acceptors (Lipinski definition) is 2. The van der Waals surface area contributed by atoms with Crippen LogP contribution in [0.2, 0.25) is 0 Å². The fourth-order valence-corrected chi connectivity index (χ4v) is 7.31. The predicted molar refractivity (Wildman–Crippen MR) is 222 cm³/mol. The minimum Gasteiger partial charge on any atom is -0.456 e. The Balaban J connectivity index is 1.26. The lowest BCUT2D eigenvalue weighted by Gasteiger charge is -2.20. The summed E-state index contributed by atoms with van der Waals surface area (Å²) in [6.45, 7) is 0. The fourth-order valence-electron chi connectivity index (χ4n) is 7.31. The Morgan fingerprint density at radius 1 is 0.364 bits per heavy atom. The van der Waals surface area contributed by atoms with Crippen LogP contribution in [0.3, 0.4) is 0 Å². The van der Waals surface area contributed by atoms with Crippen molar-refractivity contribution >= 4 is 43.9 Å². The second kappa shape index (κ2) is 13.5. The van der Waals surface area contributed by atoms with Crippen molar-refractivity contribution in [2.24, 2.45) is 0 Å². The summed E-state index contributed by atoms with van der Waals surface area (Å²) >= 11 is 0. The highest BCUT2D eigenvalue weighted by Crippen LogP contribution is 2.51. The lowest BCUT2D eigenvalue weighted by Crippen LogP contribution is -2.21. The third-order valence-corrected chi connectivity index (χ3v) is 9.70. The van der Waals surface area contributed by atoms with Gasteiger partial charge in [-0.2, -0.15) is 0 Å². The highest BCUT2D eigenvalue weighted by atomic mass is 16.3. The summed E-state index contributed by atoms with van der Waals surface area (Å²) in [6.07, 6.45) is 10.6. The first-order chi connectivity index (χ1) is 27.2. The number of benzene rings is 6. The van der Waals surface area contributed by atoms with Gasteiger partial charge in [-0.05, 0) is 164 Å². The molecule has 1 aliphatic rings. The van der Waals surface area contributed by atoms with Crippen LogP contribution in [-0.4, -0.2) is 0 Å². The van der Waals surface area contributed by atoms with Crippen molar-refractivity contribution in [3.05, 3.63) is 132 Å². The summed E-state index contributed by atoms with van der Waals surface area (Å²) in [6, 6.07) is 41.7. The van der Waals surface area contributed by atoms with Gasteiger partial charge in [0.1, 0.15) is 27.7 Å². The molecule has 0 fully saturated rings. The van der Waals surface area contributed by atoms with Crippen LogP contribution in [0.1, 0.15) is 11.1 Å². The van der Waals surface area contributed by atoms with E-state index in [4.69, 9.17) is 21.7 Å². The zero-order valence-corrected chi connectivity index (χ0v) is 29.0. The second-order valence-corrected chi connectivity index (χ2v) is 12.7.